The summed E-state index contributed by atoms with van der Waals surface area (Å²) >= 11 is 1.55. The van der Waals surface area contributed by atoms with Crippen molar-refractivity contribution in [3.05, 3.63) is 71.8 Å². The number of esters is 1. The minimum absolute atomic E-state index is 0.199. The second-order valence-corrected chi connectivity index (χ2v) is 7.07. The van der Waals surface area contributed by atoms with Gasteiger partial charge in [0.25, 0.3) is 0 Å². The highest BCUT2D eigenvalue weighted by atomic mass is 32.1. The van der Waals surface area contributed by atoms with Crippen LogP contribution in [-0.2, 0) is 9.53 Å². The van der Waals surface area contributed by atoms with E-state index in [1.807, 2.05) is 30.5 Å². The topological polar surface area (TPSA) is 54.8 Å². The zero-order valence-corrected chi connectivity index (χ0v) is 16.2. The molecule has 0 amide bonds. The number of hydrogen-bond donors (Lipinski definition) is 0. The second kappa shape index (κ2) is 8.60. The maximum Gasteiger partial charge on any atom is 0.330 e. The molecule has 0 aliphatic carbocycles. The molecule has 3 aromatic rings. The maximum absolute atomic E-state index is 11.3. The summed E-state index contributed by atoms with van der Waals surface area (Å²) in [5, 5.41) is 7.15. The molecule has 0 unspecified atom stereocenters. The van der Waals surface area contributed by atoms with Crippen LogP contribution in [0.5, 0.6) is 0 Å². The molecule has 0 atom stereocenters. The first-order chi connectivity index (χ1) is 13.1. The Labute approximate surface area is 162 Å². The van der Waals surface area contributed by atoms with Crippen molar-refractivity contribution < 1.29 is 9.53 Å². The molecule has 6 heteroatoms. The molecule has 0 N–H and O–H groups in total. The van der Waals surface area contributed by atoms with Crippen molar-refractivity contribution in [2.45, 2.75) is 13.8 Å². The molecule has 0 spiro atoms. The largest absolute Gasteiger partial charge is 0.461 e. The van der Waals surface area contributed by atoms with E-state index in [1.165, 1.54) is 5.56 Å². The van der Waals surface area contributed by atoms with Crippen LogP contribution in [0, 0.1) is 13.8 Å². The Bertz CT molecular complexity index is 961. The Balaban J connectivity index is 1.86. The Morgan fingerprint density at radius 3 is 2.89 bits per heavy atom. The number of para-hydroxylation sites is 1. The molecule has 1 aromatic heterocycles. The smallest absolute Gasteiger partial charge is 0.330 e. The van der Waals surface area contributed by atoms with Gasteiger partial charge in [-0.1, -0.05) is 53.8 Å². The zero-order valence-electron chi connectivity index (χ0n) is 15.4. The minimum Gasteiger partial charge on any atom is -0.461 e. The molecule has 0 radical (unpaired) electrons. The monoisotopic (exact) mass is 379 g/mol. The molecule has 1 heterocycles. The summed E-state index contributed by atoms with van der Waals surface area (Å²) in [5.74, 6) is -0.447. The summed E-state index contributed by atoms with van der Waals surface area (Å²) in [6, 6.07) is 14.2. The van der Waals surface area contributed by atoms with Crippen LogP contribution in [0.2, 0.25) is 0 Å². The first-order valence-electron chi connectivity index (χ1n) is 8.60. The molecular weight excluding hydrogens is 358 g/mol. The lowest BCUT2D eigenvalue weighted by Gasteiger charge is -2.15. The van der Waals surface area contributed by atoms with Gasteiger partial charge in [0.1, 0.15) is 6.61 Å². The number of hydrogen-bond acceptors (Lipinski definition) is 6. The third-order valence-electron chi connectivity index (χ3n) is 3.99. The second-order valence-electron chi connectivity index (χ2n) is 6.06. The molecule has 2 aromatic carbocycles. The third-order valence-corrected chi connectivity index (χ3v) is 5.04. The van der Waals surface area contributed by atoms with E-state index in [1.54, 1.807) is 16.3 Å². The fourth-order valence-corrected chi connectivity index (χ4v) is 3.45. The molecule has 0 bridgehead atoms. The summed E-state index contributed by atoms with van der Waals surface area (Å²) in [6.07, 6.45) is 2.98. The van der Waals surface area contributed by atoms with Crippen molar-refractivity contribution in [3.63, 3.8) is 0 Å². The normalized spacial score (nSPS) is 11.0. The van der Waals surface area contributed by atoms with Crippen LogP contribution < -0.4 is 5.01 Å². The lowest BCUT2D eigenvalue weighted by atomic mass is 10.1. The van der Waals surface area contributed by atoms with Gasteiger partial charge in [0.05, 0.1) is 23.0 Å². The average molecular weight is 379 g/mol. The summed E-state index contributed by atoms with van der Waals surface area (Å²) in [6.45, 7) is 8.12. The quantitative estimate of drug-likeness (QED) is 0.263. The van der Waals surface area contributed by atoms with Gasteiger partial charge in [-0.05, 0) is 37.1 Å². The van der Waals surface area contributed by atoms with Gasteiger partial charge in [-0.3, -0.25) is 0 Å². The first-order valence-corrected chi connectivity index (χ1v) is 9.42. The first kappa shape index (κ1) is 18.8. The zero-order chi connectivity index (χ0) is 19.2. The van der Waals surface area contributed by atoms with E-state index < -0.39 is 5.97 Å². The van der Waals surface area contributed by atoms with E-state index in [-0.39, 0.29) is 6.61 Å². The molecule has 3 rings (SSSR count). The fourth-order valence-electron chi connectivity index (χ4n) is 2.50. The molecule has 0 fully saturated rings. The van der Waals surface area contributed by atoms with E-state index in [9.17, 15) is 4.79 Å². The SMILES string of the molecule is C=CC(=O)OCCN(/N=C/c1cc(C)ccc1C)c1nc2ccccc2s1. The van der Waals surface area contributed by atoms with Gasteiger partial charge in [0.15, 0.2) is 0 Å². The van der Waals surface area contributed by atoms with E-state index in [4.69, 9.17) is 4.74 Å². The number of carbonyl (C=O) groups is 1. The number of rotatable bonds is 7. The van der Waals surface area contributed by atoms with Gasteiger partial charge in [-0.15, -0.1) is 0 Å². The number of hydrazone groups is 1. The van der Waals surface area contributed by atoms with Crippen LogP contribution in [0.4, 0.5) is 5.13 Å². The minimum atomic E-state index is -0.447. The van der Waals surface area contributed by atoms with E-state index in [0.29, 0.717) is 6.54 Å². The van der Waals surface area contributed by atoms with Gasteiger partial charge in [0, 0.05) is 6.08 Å². The van der Waals surface area contributed by atoms with Crippen LogP contribution in [0.25, 0.3) is 10.2 Å². The van der Waals surface area contributed by atoms with E-state index in [0.717, 1.165) is 32.6 Å². The Morgan fingerprint density at radius 2 is 2.11 bits per heavy atom. The van der Waals surface area contributed by atoms with Gasteiger partial charge in [-0.25, -0.2) is 14.8 Å². The number of fused-ring (bicyclic) bond motifs is 1. The number of anilines is 1. The standard InChI is InChI=1S/C21H21N3O2S/c1-4-20(25)26-12-11-24(21-23-18-7-5-6-8-19(18)27-21)22-14-17-13-15(2)9-10-16(17)3/h4-10,13-14H,1,11-12H2,2-3H3/b22-14+. The summed E-state index contributed by atoms with van der Waals surface area (Å²) in [5.41, 5.74) is 4.29. The molecule has 0 saturated heterocycles. The van der Waals surface area contributed by atoms with Crippen LogP contribution in [0.1, 0.15) is 16.7 Å². The van der Waals surface area contributed by atoms with Gasteiger partial charge in [-0.2, -0.15) is 5.10 Å². The maximum atomic E-state index is 11.3. The summed E-state index contributed by atoms with van der Waals surface area (Å²) < 4.78 is 6.20. The van der Waals surface area contributed by atoms with Crippen molar-refractivity contribution in [2.24, 2.45) is 5.10 Å². The van der Waals surface area contributed by atoms with Crippen molar-refractivity contribution in [2.75, 3.05) is 18.2 Å². The predicted octanol–water partition coefficient (Wildman–Crippen LogP) is 4.48. The van der Waals surface area contributed by atoms with Crippen molar-refractivity contribution in [3.8, 4) is 0 Å². The molecule has 0 aliphatic heterocycles. The molecule has 138 valence electrons. The lowest BCUT2D eigenvalue weighted by molar-refractivity contribution is -0.137. The van der Waals surface area contributed by atoms with Crippen LogP contribution in [0.15, 0.2) is 60.2 Å². The summed E-state index contributed by atoms with van der Waals surface area (Å²) in [7, 11) is 0. The van der Waals surface area contributed by atoms with Crippen LogP contribution in [0.3, 0.4) is 0 Å². The number of ether oxygens (including phenoxy) is 1. The molecule has 0 saturated carbocycles. The highest BCUT2D eigenvalue weighted by Gasteiger charge is 2.12. The number of thiazole rings is 1. The number of carbonyl (C=O) groups excluding carboxylic acids is 1. The number of benzene rings is 2. The highest BCUT2D eigenvalue weighted by Crippen LogP contribution is 2.28. The molecular formula is C21H21N3O2S. The number of aromatic nitrogens is 1. The van der Waals surface area contributed by atoms with Crippen LogP contribution >= 0.6 is 11.3 Å². The number of aryl methyl sites for hydroxylation is 2. The van der Waals surface area contributed by atoms with E-state index in [2.05, 4.69) is 48.7 Å². The number of nitrogens with zero attached hydrogens (tertiary/aromatic N) is 3. The Morgan fingerprint density at radius 1 is 1.30 bits per heavy atom. The summed E-state index contributed by atoms with van der Waals surface area (Å²) in [4.78, 5) is 16.0. The van der Waals surface area contributed by atoms with Crippen molar-refractivity contribution >= 4 is 38.9 Å². The Kier molecular flexibility index (Phi) is 5.98. The molecule has 0 aliphatic rings. The van der Waals surface area contributed by atoms with Gasteiger partial charge < -0.3 is 4.74 Å². The fraction of sp³-hybridized carbons (Fsp3) is 0.190. The van der Waals surface area contributed by atoms with Gasteiger partial charge in [0.2, 0.25) is 5.13 Å². The molecule has 5 nitrogen and oxygen atoms in total. The van der Waals surface area contributed by atoms with Crippen LogP contribution in [-0.4, -0.2) is 30.3 Å². The van der Waals surface area contributed by atoms with Crippen molar-refractivity contribution in [1.29, 1.82) is 0 Å². The lowest BCUT2D eigenvalue weighted by Crippen LogP contribution is -2.23. The Hall–Kier alpha value is -2.99. The molecule has 27 heavy (non-hydrogen) atoms. The van der Waals surface area contributed by atoms with Gasteiger partial charge >= 0.3 is 5.97 Å². The third kappa shape index (κ3) is 4.80. The predicted molar refractivity (Wildman–Crippen MR) is 112 cm³/mol. The average Bonchev–Trinajstić information content (AvgIpc) is 3.10. The van der Waals surface area contributed by atoms with Crippen molar-refractivity contribution in [1.82, 2.24) is 4.98 Å². The highest BCUT2D eigenvalue weighted by molar-refractivity contribution is 7.22. The van der Waals surface area contributed by atoms with E-state index >= 15 is 0 Å².